The van der Waals surface area contributed by atoms with Gasteiger partial charge in [0.15, 0.2) is 0 Å². The monoisotopic (exact) mass is 462 g/mol. The Hall–Kier alpha value is -2.63. The minimum absolute atomic E-state index is 0.00165. The zero-order chi connectivity index (χ0) is 23.2. The number of anilines is 1. The lowest BCUT2D eigenvalue weighted by Crippen LogP contribution is -2.54. The summed E-state index contributed by atoms with van der Waals surface area (Å²) in [6, 6.07) is 9.10. The van der Waals surface area contributed by atoms with Crippen LogP contribution in [0.3, 0.4) is 0 Å². The van der Waals surface area contributed by atoms with Gasteiger partial charge in [0.2, 0.25) is 5.91 Å². The average Bonchev–Trinajstić information content (AvgIpc) is 3.58. The van der Waals surface area contributed by atoms with Gasteiger partial charge in [-0.3, -0.25) is 9.59 Å². The number of nitriles is 1. The quantitative estimate of drug-likeness (QED) is 0.636. The number of hydrazine groups is 1. The highest BCUT2D eigenvalue weighted by molar-refractivity contribution is 5.99. The van der Waals surface area contributed by atoms with Gasteiger partial charge in [-0.1, -0.05) is 25.7 Å². The van der Waals surface area contributed by atoms with Gasteiger partial charge in [0.05, 0.1) is 17.9 Å². The zero-order valence-corrected chi connectivity index (χ0v) is 19.6. The van der Waals surface area contributed by atoms with Gasteiger partial charge >= 0.3 is 0 Å². The summed E-state index contributed by atoms with van der Waals surface area (Å²) in [5.74, 6) is 0.0000965. The summed E-state index contributed by atoms with van der Waals surface area (Å²) in [4.78, 5) is 27.9. The lowest BCUT2D eigenvalue weighted by molar-refractivity contribution is -0.128. The first-order chi connectivity index (χ1) is 16.6. The van der Waals surface area contributed by atoms with Crippen LogP contribution in [0.5, 0.6) is 0 Å². The minimum atomic E-state index is -0.243. The molecule has 2 saturated carbocycles. The number of carbonyl (C=O) groups is 2. The number of rotatable bonds is 4. The van der Waals surface area contributed by atoms with Gasteiger partial charge in [-0.25, -0.2) is 10.4 Å². The molecule has 5 aliphatic rings. The van der Waals surface area contributed by atoms with E-state index >= 15 is 0 Å². The maximum atomic E-state index is 13.0. The summed E-state index contributed by atoms with van der Waals surface area (Å²) in [5, 5.41) is 18.6. The van der Waals surface area contributed by atoms with Crippen LogP contribution in [-0.4, -0.2) is 52.6 Å². The SMILES string of the molecule is N#C[C@H]1CCCC[C@@H]1N1NC(Nc2ccc3c(c2)CN(C2CCCC2)C3=O)C2C(=O)NCCC21. The predicted molar refractivity (Wildman–Crippen MR) is 127 cm³/mol. The summed E-state index contributed by atoms with van der Waals surface area (Å²) in [5.41, 5.74) is 6.42. The van der Waals surface area contributed by atoms with E-state index in [1.807, 2.05) is 17.0 Å². The van der Waals surface area contributed by atoms with Crippen molar-refractivity contribution < 1.29 is 9.59 Å². The van der Waals surface area contributed by atoms with E-state index in [4.69, 9.17) is 0 Å². The molecule has 2 saturated heterocycles. The highest BCUT2D eigenvalue weighted by Gasteiger charge is 2.51. The zero-order valence-electron chi connectivity index (χ0n) is 19.6. The van der Waals surface area contributed by atoms with Gasteiger partial charge in [0, 0.05) is 42.5 Å². The molecule has 5 atom stereocenters. The van der Waals surface area contributed by atoms with Gasteiger partial charge < -0.3 is 15.5 Å². The van der Waals surface area contributed by atoms with E-state index in [9.17, 15) is 14.9 Å². The molecule has 2 amide bonds. The van der Waals surface area contributed by atoms with Crippen molar-refractivity contribution in [2.24, 2.45) is 11.8 Å². The molecular weight excluding hydrogens is 428 g/mol. The van der Waals surface area contributed by atoms with Crippen LogP contribution < -0.4 is 16.1 Å². The van der Waals surface area contributed by atoms with E-state index in [2.05, 4.69) is 33.2 Å². The number of benzene rings is 1. The highest BCUT2D eigenvalue weighted by atomic mass is 16.2. The second-order valence-corrected chi connectivity index (χ2v) is 10.7. The van der Waals surface area contributed by atoms with Crippen molar-refractivity contribution >= 4 is 17.5 Å². The number of nitrogens with zero attached hydrogens (tertiary/aromatic N) is 3. The van der Waals surface area contributed by atoms with Crippen LogP contribution in [0.2, 0.25) is 0 Å². The molecule has 34 heavy (non-hydrogen) atoms. The fraction of sp³-hybridized carbons (Fsp3) is 0.654. The molecule has 0 radical (unpaired) electrons. The van der Waals surface area contributed by atoms with Crippen molar-refractivity contribution in [3.8, 4) is 6.07 Å². The van der Waals surface area contributed by atoms with E-state index in [0.717, 1.165) is 61.8 Å². The Morgan fingerprint density at radius 1 is 1.00 bits per heavy atom. The van der Waals surface area contributed by atoms with Gasteiger partial charge in [-0.05, 0) is 55.9 Å². The maximum absolute atomic E-state index is 13.0. The number of piperidine rings is 1. The number of hydrogen-bond acceptors (Lipinski definition) is 6. The van der Waals surface area contributed by atoms with Crippen molar-refractivity contribution in [2.45, 2.75) is 88.6 Å². The van der Waals surface area contributed by atoms with E-state index in [1.165, 1.54) is 12.8 Å². The summed E-state index contributed by atoms with van der Waals surface area (Å²) >= 11 is 0. The molecule has 1 aromatic carbocycles. The molecule has 6 rings (SSSR count). The van der Waals surface area contributed by atoms with Crippen LogP contribution >= 0.6 is 0 Å². The lowest BCUT2D eigenvalue weighted by atomic mass is 9.83. The molecule has 0 aromatic heterocycles. The Morgan fingerprint density at radius 3 is 2.62 bits per heavy atom. The summed E-state index contributed by atoms with van der Waals surface area (Å²) < 4.78 is 0. The number of carbonyl (C=O) groups excluding carboxylic acids is 2. The van der Waals surface area contributed by atoms with E-state index < -0.39 is 0 Å². The molecule has 0 bridgehead atoms. The van der Waals surface area contributed by atoms with Crippen LogP contribution in [-0.2, 0) is 11.3 Å². The average molecular weight is 463 g/mol. The molecule has 2 aliphatic carbocycles. The molecule has 8 nitrogen and oxygen atoms in total. The smallest absolute Gasteiger partial charge is 0.254 e. The van der Waals surface area contributed by atoms with Crippen molar-refractivity contribution in [3.63, 3.8) is 0 Å². The van der Waals surface area contributed by atoms with Crippen molar-refractivity contribution in [1.29, 1.82) is 5.26 Å². The Labute approximate surface area is 201 Å². The van der Waals surface area contributed by atoms with E-state index in [-0.39, 0.29) is 41.9 Å². The van der Waals surface area contributed by atoms with Crippen LogP contribution in [0.25, 0.3) is 0 Å². The van der Waals surface area contributed by atoms with Gasteiger partial charge in [0.25, 0.3) is 5.91 Å². The second-order valence-electron chi connectivity index (χ2n) is 10.7. The number of fused-ring (bicyclic) bond motifs is 2. The lowest BCUT2D eigenvalue weighted by Gasteiger charge is -2.39. The van der Waals surface area contributed by atoms with Gasteiger partial charge in [0.1, 0.15) is 6.17 Å². The Bertz CT molecular complexity index is 1020. The highest BCUT2D eigenvalue weighted by Crippen LogP contribution is 2.37. The summed E-state index contributed by atoms with van der Waals surface area (Å²) in [7, 11) is 0. The summed E-state index contributed by atoms with van der Waals surface area (Å²) in [6.45, 7) is 1.35. The topological polar surface area (TPSA) is 100 Å². The second kappa shape index (κ2) is 8.86. The van der Waals surface area contributed by atoms with Crippen molar-refractivity contribution in [1.82, 2.24) is 20.7 Å². The number of amides is 2. The Balaban J connectivity index is 1.22. The van der Waals surface area contributed by atoms with Gasteiger partial charge in [-0.2, -0.15) is 5.26 Å². The maximum Gasteiger partial charge on any atom is 0.254 e. The Kier molecular flexibility index (Phi) is 5.70. The molecule has 1 aromatic rings. The van der Waals surface area contributed by atoms with Crippen LogP contribution in [0, 0.1) is 23.2 Å². The number of hydrogen-bond donors (Lipinski definition) is 3. The molecule has 3 unspecified atom stereocenters. The molecule has 8 heteroatoms. The largest absolute Gasteiger partial charge is 0.368 e. The first-order valence-electron chi connectivity index (χ1n) is 13.1. The Morgan fingerprint density at radius 2 is 1.79 bits per heavy atom. The van der Waals surface area contributed by atoms with E-state index in [1.54, 1.807) is 0 Å². The van der Waals surface area contributed by atoms with E-state index in [0.29, 0.717) is 19.1 Å². The third-order valence-corrected chi connectivity index (χ3v) is 8.74. The molecule has 3 aliphatic heterocycles. The molecule has 0 spiro atoms. The summed E-state index contributed by atoms with van der Waals surface area (Å²) in [6.07, 6.45) is 9.41. The normalized spacial score (nSPS) is 34.0. The number of nitrogens with one attached hydrogen (secondary N) is 3. The molecule has 3 N–H and O–H groups in total. The first-order valence-corrected chi connectivity index (χ1v) is 13.1. The predicted octanol–water partition coefficient (Wildman–Crippen LogP) is 2.73. The first kappa shape index (κ1) is 21.9. The standard InChI is InChI=1S/C26H34N6O2/c27-14-16-5-1-4-8-21(16)32-22-11-12-28-25(33)23(22)24(30-32)29-18-9-10-20-17(13-18)15-31(26(20)34)19-6-2-3-7-19/h9-10,13,16,19,21-24,29-30H,1-8,11-12,15H2,(H,28,33)/t16-,21+,22?,23?,24?/m1/s1. The fourth-order valence-corrected chi connectivity index (χ4v) is 7.02. The van der Waals surface area contributed by atoms with Crippen molar-refractivity contribution in [3.05, 3.63) is 29.3 Å². The third-order valence-electron chi connectivity index (χ3n) is 8.74. The molecule has 3 heterocycles. The molecular formula is C26H34N6O2. The van der Waals surface area contributed by atoms with Crippen molar-refractivity contribution in [2.75, 3.05) is 11.9 Å². The third kappa shape index (κ3) is 3.66. The van der Waals surface area contributed by atoms with Crippen LogP contribution in [0.1, 0.15) is 73.7 Å². The van der Waals surface area contributed by atoms with Crippen LogP contribution in [0.15, 0.2) is 18.2 Å². The van der Waals surface area contributed by atoms with Gasteiger partial charge in [-0.15, -0.1) is 0 Å². The fourth-order valence-electron chi connectivity index (χ4n) is 7.02. The minimum Gasteiger partial charge on any atom is -0.368 e. The molecule has 4 fully saturated rings. The van der Waals surface area contributed by atoms with Crippen LogP contribution in [0.4, 0.5) is 5.69 Å². The molecule has 180 valence electrons.